The minimum atomic E-state index is -5.89. The molecule has 0 radical (unpaired) electrons. The number of anilines is 2. The van der Waals surface area contributed by atoms with Crippen molar-refractivity contribution in [2.24, 2.45) is 7.05 Å². The second-order valence-electron chi connectivity index (χ2n) is 11.7. The molecule has 4 aromatic rings. The molecule has 2 aliphatic rings. The molecule has 2 aliphatic heterocycles. The number of imidazole rings is 2. The molecule has 30 heteroatoms. The standard InChI is InChI=1S/C22H32N11O16P3/c1-30-3-9(46-11(4-30)33-8-31(2)13-17(33)27-22(24)29-19(13)37)5-44-50(38,39)48-52(42,43)49-51(40,41)45-6-10-14(34)15(35)20(47-10)32-7-25-12-16(32)26-21(23)28-18(12)36/h7-11,14-15,20,34-35H,3-6H2,1-2H3,(H8-,23,24,26,27,28,29,36,37,38,39,40,41,42,43)/p+1/t9-,10+,11?,14+,15+,20?/m0/s1. The van der Waals surface area contributed by atoms with Gasteiger partial charge in [-0.05, 0) is 7.05 Å². The molecule has 4 aromatic heterocycles. The van der Waals surface area contributed by atoms with Crippen LogP contribution in [-0.2, 0) is 47.9 Å². The van der Waals surface area contributed by atoms with Gasteiger partial charge in [-0.25, -0.2) is 23.2 Å². The lowest BCUT2D eigenvalue weighted by atomic mass is 10.1. The van der Waals surface area contributed by atoms with Crippen LogP contribution in [0.1, 0.15) is 12.5 Å². The fourth-order valence-corrected chi connectivity index (χ4v) is 9.16. The van der Waals surface area contributed by atoms with E-state index in [1.54, 1.807) is 19.0 Å². The predicted molar refractivity (Wildman–Crippen MR) is 169 cm³/mol. The van der Waals surface area contributed by atoms with Gasteiger partial charge in [0.15, 0.2) is 29.9 Å². The third-order valence-corrected chi connectivity index (χ3v) is 12.0. The monoisotopic (exact) mass is 800 g/mol. The Balaban J connectivity index is 1.04. The summed E-state index contributed by atoms with van der Waals surface area (Å²) in [5.74, 6) is -0.434. The number of phosphoric ester groups is 2. The molecule has 0 aromatic carbocycles. The maximum Gasteiger partial charge on any atom is 0.490 e. The van der Waals surface area contributed by atoms with Crippen molar-refractivity contribution in [3.63, 3.8) is 0 Å². The first kappa shape index (κ1) is 38.2. The van der Waals surface area contributed by atoms with Gasteiger partial charge in [0.05, 0.1) is 39.2 Å². The molecule has 0 saturated carbocycles. The van der Waals surface area contributed by atoms with Crippen LogP contribution in [0.15, 0.2) is 22.2 Å². The third kappa shape index (κ3) is 8.03. The predicted octanol–water partition coefficient (Wildman–Crippen LogP) is -3.34. The van der Waals surface area contributed by atoms with Gasteiger partial charge in [-0.3, -0.25) is 42.6 Å². The Morgan fingerprint density at radius 3 is 2.25 bits per heavy atom. The van der Waals surface area contributed by atoms with Gasteiger partial charge in [-0.1, -0.05) is 4.98 Å². The first-order valence-electron chi connectivity index (χ1n) is 14.8. The van der Waals surface area contributed by atoms with E-state index in [4.69, 9.17) is 25.5 Å². The summed E-state index contributed by atoms with van der Waals surface area (Å²) in [4.78, 5) is 73.0. The molecule has 52 heavy (non-hydrogen) atoms. The Hall–Kier alpha value is -3.49. The minimum Gasteiger partial charge on any atom is -0.387 e. The number of phosphoric acid groups is 3. The van der Waals surface area contributed by atoms with E-state index < -0.39 is 84.7 Å². The summed E-state index contributed by atoms with van der Waals surface area (Å²) in [5.41, 5.74) is 10.1. The minimum absolute atomic E-state index is 0.129. The van der Waals surface area contributed by atoms with Gasteiger partial charge < -0.3 is 45.8 Å². The summed E-state index contributed by atoms with van der Waals surface area (Å²) in [6.45, 7) is -1.34. The second kappa shape index (κ2) is 14.1. The average molecular weight is 800 g/mol. The molecule has 0 aliphatic carbocycles. The zero-order valence-corrected chi connectivity index (χ0v) is 29.5. The molecule has 6 rings (SSSR count). The number of H-pyrrole nitrogens is 2. The summed E-state index contributed by atoms with van der Waals surface area (Å²) < 4.78 is 70.9. The number of rotatable bonds is 12. The van der Waals surface area contributed by atoms with Gasteiger partial charge >= 0.3 is 29.1 Å². The number of aliphatic hydroxyl groups excluding tert-OH is 2. The van der Waals surface area contributed by atoms with E-state index in [2.05, 4.69) is 38.1 Å². The lowest BCUT2D eigenvalue weighted by Gasteiger charge is -2.34. The van der Waals surface area contributed by atoms with Gasteiger partial charge in [0.1, 0.15) is 18.3 Å². The van der Waals surface area contributed by atoms with Crippen LogP contribution in [0, 0.1) is 0 Å². The van der Waals surface area contributed by atoms with Crippen molar-refractivity contribution in [3.05, 3.63) is 33.4 Å². The number of hydrogen-bond acceptors (Lipinski definition) is 19. The first-order chi connectivity index (χ1) is 24.2. The number of hydrogen-bond donors (Lipinski definition) is 9. The van der Waals surface area contributed by atoms with Crippen LogP contribution in [0.2, 0.25) is 0 Å². The molecule has 5 unspecified atom stereocenters. The number of nitrogens with two attached hydrogens (primary N) is 2. The van der Waals surface area contributed by atoms with Crippen molar-refractivity contribution in [3.8, 4) is 0 Å². The average Bonchev–Trinajstić information content (AvgIpc) is 3.67. The number of ether oxygens (including phenoxy) is 2. The SMILES string of the molecule is CN1CC([n+]2cn(C)c3c(=O)[nH]c(N)nc32)O[C@H](COP(=O)(O)OP(=O)(O)OP(=O)(O)OC[C@H]2OC(n3cnc4c(=O)[nH]c(N)nc43)[C@H](O)[C@@H]2O)C1. The number of nitrogens with one attached hydrogen (secondary N) is 2. The number of aromatic amines is 2. The highest BCUT2D eigenvalue weighted by atomic mass is 31.3. The molecule has 2 fully saturated rings. The van der Waals surface area contributed by atoms with Gasteiger partial charge in [-0.2, -0.15) is 13.6 Å². The van der Waals surface area contributed by atoms with E-state index in [0.717, 1.165) is 10.9 Å². The Bertz CT molecular complexity index is 2260. The van der Waals surface area contributed by atoms with E-state index in [1.807, 2.05) is 0 Å². The molecule has 286 valence electrons. The number of nitrogen functional groups attached to an aromatic ring is 2. The molecule has 11 N–H and O–H groups in total. The zero-order chi connectivity index (χ0) is 37.9. The molecular weight excluding hydrogens is 767 g/mol. The first-order valence-corrected chi connectivity index (χ1v) is 19.2. The van der Waals surface area contributed by atoms with Crippen molar-refractivity contribution in [1.82, 2.24) is 39.0 Å². The number of aromatic nitrogens is 8. The summed E-state index contributed by atoms with van der Waals surface area (Å²) in [5, 5.41) is 21.0. The quantitative estimate of drug-likeness (QED) is 0.0499. The van der Waals surface area contributed by atoms with Crippen LogP contribution >= 0.6 is 23.5 Å². The Labute approximate surface area is 289 Å². The van der Waals surface area contributed by atoms with Gasteiger partial charge in [0, 0.05) is 6.54 Å². The normalized spacial score (nSPS) is 27.8. The maximum absolute atomic E-state index is 12.6. The highest BCUT2D eigenvalue weighted by molar-refractivity contribution is 7.66. The van der Waals surface area contributed by atoms with Crippen LogP contribution in [0.5, 0.6) is 0 Å². The lowest BCUT2D eigenvalue weighted by Crippen LogP contribution is -2.54. The molecule has 0 spiro atoms. The van der Waals surface area contributed by atoms with Crippen LogP contribution in [0.3, 0.4) is 0 Å². The smallest absolute Gasteiger partial charge is 0.387 e. The Morgan fingerprint density at radius 2 is 1.56 bits per heavy atom. The van der Waals surface area contributed by atoms with E-state index in [0.29, 0.717) is 0 Å². The maximum atomic E-state index is 12.6. The van der Waals surface area contributed by atoms with E-state index in [-0.39, 0.29) is 47.3 Å². The fraction of sp³-hybridized carbons (Fsp3) is 0.545. The number of nitrogens with zero attached hydrogens (tertiary/aromatic N) is 7. The summed E-state index contributed by atoms with van der Waals surface area (Å²) >= 11 is 0. The highest BCUT2D eigenvalue weighted by Crippen LogP contribution is 2.67. The van der Waals surface area contributed by atoms with Gasteiger partial charge in [0.25, 0.3) is 17.1 Å². The molecule has 6 heterocycles. The topological polar surface area (TPSA) is 381 Å². The van der Waals surface area contributed by atoms with Crippen LogP contribution in [0.4, 0.5) is 11.9 Å². The third-order valence-electron chi connectivity index (χ3n) is 7.73. The fourth-order valence-electron chi connectivity index (χ4n) is 5.62. The molecule has 27 nitrogen and oxygen atoms in total. The summed E-state index contributed by atoms with van der Waals surface area (Å²) in [7, 11) is -13.7. The van der Waals surface area contributed by atoms with Gasteiger partial charge in [0.2, 0.25) is 11.5 Å². The second-order valence-corrected chi connectivity index (χ2v) is 16.3. The zero-order valence-electron chi connectivity index (χ0n) is 26.8. The van der Waals surface area contributed by atoms with E-state index >= 15 is 0 Å². The molecule has 2 saturated heterocycles. The summed E-state index contributed by atoms with van der Waals surface area (Å²) in [6, 6.07) is 0. The van der Waals surface area contributed by atoms with Crippen molar-refractivity contribution in [1.29, 1.82) is 0 Å². The van der Waals surface area contributed by atoms with Crippen LogP contribution in [-0.4, -0.2) is 122 Å². The number of fused-ring (bicyclic) bond motifs is 2. The molecule has 9 atom stereocenters. The number of aliphatic hydroxyl groups is 2. The Kier molecular flexibility index (Phi) is 10.3. The molecule has 0 bridgehead atoms. The largest absolute Gasteiger partial charge is 0.490 e. The number of morpholine rings is 1. The summed E-state index contributed by atoms with van der Waals surface area (Å²) in [6.07, 6.45) is -5.75. The number of aryl methyl sites for hydroxylation is 1. The van der Waals surface area contributed by atoms with Crippen molar-refractivity contribution in [2.75, 3.05) is 44.8 Å². The van der Waals surface area contributed by atoms with E-state index in [9.17, 15) is 48.2 Å². The van der Waals surface area contributed by atoms with Crippen LogP contribution < -0.4 is 27.2 Å². The number of likely N-dealkylation sites (N-methyl/N-ethyl adjacent to an activating group) is 1. The highest BCUT2D eigenvalue weighted by Gasteiger charge is 2.47. The van der Waals surface area contributed by atoms with Crippen molar-refractivity contribution >= 4 is 57.7 Å². The van der Waals surface area contributed by atoms with E-state index in [1.165, 1.54) is 15.5 Å². The molecular formula is C22H33N11O16P3+. The van der Waals surface area contributed by atoms with Gasteiger partial charge in [-0.15, -0.1) is 0 Å². The van der Waals surface area contributed by atoms with Crippen LogP contribution in [0.25, 0.3) is 22.3 Å². The van der Waals surface area contributed by atoms with Crippen molar-refractivity contribution < 1.29 is 70.3 Å². The lowest BCUT2D eigenvalue weighted by molar-refractivity contribution is -0.747. The Morgan fingerprint density at radius 1 is 0.923 bits per heavy atom. The molecule has 0 amide bonds. The van der Waals surface area contributed by atoms with Crippen molar-refractivity contribution in [2.45, 2.75) is 36.9 Å².